The van der Waals surface area contributed by atoms with Crippen LogP contribution in [0.4, 0.5) is 4.39 Å². The monoisotopic (exact) mass is 206 g/mol. The van der Waals surface area contributed by atoms with Gasteiger partial charge in [0.25, 0.3) is 0 Å². The number of hydrogen-bond acceptors (Lipinski definition) is 3. The number of hydrogen-bond donors (Lipinski definition) is 3. The standard InChI is InChI=1S/C8H11FN2O.ClH/c9-7-3-5(12)1-2-6(7)8(11)4-10;/h1-3,8,12H,4,10-11H2;1H/t8-;/m1./s1. The topological polar surface area (TPSA) is 72.3 Å². The molecule has 0 aliphatic heterocycles. The highest BCUT2D eigenvalue weighted by Crippen LogP contribution is 2.18. The molecule has 1 aromatic carbocycles. The Hall–Kier alpha value is -0.840. The van der Waals surface area contributed by atoms with Crippen molar-refractivity contribution >= 4 is 12.4 Å². The number of halogens is 2. The van der Waals surface area contributed by atoms with Gasteiger partial charge in [0, 0.05) is 24.2 Å². The molecule has 0 aliphatic rings. The smallest absolute Gasteiger partial charge is 0.131 e. The van der Waals surface area contributed by atoms with Crippen LogP contribution in [0.2, 0.25) is 0 Å². The third kappa shape index (κ3) is 2.84. The number of phenolic OH excluding ortho intramolecular Hbond substituents is 1. The van der Waals surface area contributed by atoms with E-state index in [1.807, 2.05) is 0 Å². The summed E-state index contributed by atoms with van der Waals surface area (Å²) in [5, 5.41) is 8.88. The van der Waals surface area contributed by atoms with Crippen molar-refractivity contribution in [3.63, 3.8) is 0 Å². The number of nitrogens with two attached hydrogens (primary N) is 2. The van der Waals surface area contributed by atoms with E-state index in [1.54, 1.807) is 0 Å². The summed E-state index contributed by atoms with van der Waals surface area (Å²) in [6, 6.07) is 3.33. The molecule has 0 aliphatic carbocycles. The van der Waals surface area contributed by atoms with Crippen LogP contribution in [0.25, 0.3) is 0 Å². The summed E-state index contributed by atoms with van der Waals surface area (Å²) in [5.74, 6) is -0.631. The van der Waals surface area contributed by atoms with E-state index in [0.717, 1.165) is 6.07 Å². The third-order valence-corrected chi connectivity index (χ3v) is 1.64. The van der Waals surface area contributed by atoms with Crippen LogP contribution < -0.4 is 11.5 Å². The van der Waals surface area contributed by atoms with Crippen molar-refractivity contribution in [2.75, 3.05) is 6.54 Å². The molecule has 0 bridgehead atoms. The molecule has 1 aromatic rings. The Kier molecular flexibility index (Phi) is 4.69. The van der Waals surface area contributed by atoms with Gasteiger partial charge >= 0.3 is 0 Å². The second-order valence-corrected chi connectivity index (χ2v) is 2.55. The quantitative estimate of drug-likeness (QED) is 0.674. The van der Waals surface area contributed by atoms with Crippen molar-refractivity contribution in [3.8, 4) is 5.75 Å². The van der Waals surface area contributed by atoms with Gasteiger partial charge in [-0.15, -0.1) is 12.4 Å². The lowest BCUT2D eigenvalue weighted by atomic mass is 10.1. The predicted octanol–water partition coefficient (Wildman–Crippen LogP) is 0.912. The van der Waals surface area contributed by atoms with Gasteiger partial charge in [-0.2, -0.15) is 0 Å². The van der Waals surface area contributed by atoms with Gasteiger partial charge in [0.2, 0.25) is 0 Å². The van der Waals surface area contributed by atoms with Gasteiger partial charge in [0.1, 0.15) is 11.6 Å². The normalized spacial score (nSPS) is 11.9. The van der Waals surface area contributed by atoms with Crippen LogP contribution in [-0.2, 0) is 0 Å². The SMILES string of the molecule is Cl.NC[C@@H](N)c1ccc(O)cc1F. The number of phenols is 1. The Morgan fingerprint density at radius 3 is 2.54 bits per heavy atom. The minimum Gasteiger partial charge on any atom is -0.508 e. The molecule has 0 unspecified atom stereocenters. The molecule has 5 N–H and O–H groups in total. The lowest BCUT2D eigenvalue weighted by Crippen LogP contribution is -2.21. The lowest BCUT2D eigenvalue weighted by Gasteiger charge is -2.09. The zero-order valence-electron chi connectivity index (χ0n) is 6.90. The summed E-state index contributed by atoms with van der Waals surface area (Å²) in [6.07, 6.45) is 0. The van der Waals surface area contributed by atoms with E-state index in [9.17, 15) is 4.39 Å². The van der Waals surface area contributed by atoms with Crippen molar-refractivity contribution in [2.45, 2.75) is 6.04 Å². The van der Waals surface area contributed by atoms with E-state index in [-0.39, 0.29) is 24.7 Å². The number of aromatic hydroxyl groups is 1. The molecule has 13 heavy (non-hydrogen) atoms. The maximum atomic E-state index is 13.0. The van der Waals surface area contributed by atoms with Crippen molar-refractivity contribution in [3.05, 3.63) is 29.6 Å². The molecule has 0 spiro atoms. The molecule has 0 fully saturated rings. The Morgan fingerprint density at radius 2 is 2.08 bits per heavy atom. The fourth-order valence-corrected chi connectivity index (χ4v) is 0.944. The largest absolute Gasteiger partial charge is 0.508 e. The van der Waals surface area contributed by atoms with E-state index in [2.05, 4.69) is 0 Å². The maximum absolute atomic E-state index is 13.0. The Balaban J connectivity index is 0.00000144. The summed E-state index contributed by atoms with van der Waals surface area (Å²) in [5.41, 5.74) is 11.1. The van der Waals surface area contributed by atoms with Crippen LogP contribution in [0.15, 0.2) is 18.2 Å². The summed E-state index contributed by atoms with van der Waals surface area (Å²) in [7, 11) is 0. The second kappa shape index (κ2) is 5.01. The number of rotatable bonds is 2. The van der Waals surface area contributed by atoms with E-state index >= 15 is 0 Å². The van der Waals surface area contributed by atoms with Crippen molar-refractivity contribution < 1.29 is 9.50 Å². The van der Waals surface area contributed by atoms with Crippen molar-refractivity contribution in [2.24, 2.45) is 11.5 Å². The second-order valence-electron chi connectivity index (χ2n) is 2.55. The molecule has 1 rings (SSSR count). The Morgan fingerprint density at radius 1 is 1.46 bits per heavy atom. The summed E-state index contributed by atoms with van der Waals surface area (Å²) in [4.78, 5) is 0. The van der Waals surface area contributed by atoms with Crippen LogP contribution in [0.1, 0.15) is 11.6 Å². The molecule has 0 saturated heterocycles. The van der Waals surface area contributed by atoms with Gasteiger partial charge in [0.15, 0.2) is 0 Å². The van der Waals surface area contributed by atoms with Gasteiger partial charge in [-0.05, 0) is 6.07 Å². The first kappa shape index (κ1) is 12.2. The predicted molar refractivity (Wildman–Crippen MR) is 51.3 cm³/mol. The first-order valence-electron chi connectivity index (χ1n) is 3.59. The van der Waals surface area contributed by atoms with E-state index in [0.29, 0.717) is 5.56 Å². The van der Waals surface area contributed by atoms with Crippen LogP contribution in [0, 0.1) is 5.82 Å². The van der Waals surface area contributed by atoms with Crippen molar-refractivity contribution in [1.29, 1.82) is 0 Å². The average Bonchev–Trinajstić information content (AvgIpc) is 2.03. The third-order valence-electron chi connectivity index (χ3n) is 1.64. The lowest BCUT2D eigenvalue weighted by molar-refractivity contribution is 0.466. The van der Waals surface area contributed by atoms with Crippen LogP contribution in [0.3, 0.4) is 0 Å². The highest BCUT2D eigenvalue weighted by atomic mass is 35.5. The first-order chi connectivity index (χ1) is 5.65. The molecule has 0 radical (unpaired) electrons. The molecule has 74 valence electrons. The fraction of sp³-hybridized carbons (Fsp3) is 0.250. The molecular formula is C8H12ClFN2O. The zero-order chi connectivity index (χ0) is 9.14. The van der Waals surface area contributed by atoms with E-state index in [4.69, 9.17) is 16.6 Å². The molecule has 0 heterocycles. The molecule has 0 aromatic heterocycles. The van der Waals surface area contributed by atoms with Crippen LogP contribution in [0.5, 0.6) is 5.75 Å². The summed E-state index contributed by atoms with van der Waals surface area (Å²) >= 11 is 0. The minimum absolute atomic E-state index is 0. The molecule has 5 heteroatoms. The van der Waals surface area contributed by atoms with Gasteiger partial charge < -0.3 is 16.6 Å². The highest BCUT2D eigenvalue weighted by Gasteiger charge is 2.09. The summed E-state index contributed by atoms with van der Waals surface area (Å²) < 4.78 is 13.0. The molecule has 3 nitrogen and oxygen atoms in total. The highest BCUT2D eigenvalue weighted by molar-refractivity contribution is 5.85. The van der Waals surface area contributed by atoms with E-state index in [1.165, 1.54) is 12.1 Å². The Labute approximate surface area is 82.0 Å². The fourth-order valence-electron chi connectivity index (χ4n) is 0.944. The van der Waals surface area contributed by atoms with Gasteiger partial charge in [0.05, 0.1) is 0 Å². The van der Waals surface area contributed by atoms with Crippen molar-refractivity contribution in [1.82, 2.24) is 0 Å². The molecule has 0 saturated carbocycles. The summed E-state index contributed by atoms with van der Waals surface area (Å²) in [6.45, 7) is 0.182. The number of benzene rings is 1. The van der Waals surface area contributed by atoms with Gasteiger partial charge in [-0.3, -0.25) is 0 Å². The maximum Gasteiger partial charge on any atom is 0.131 e. The van der Waals surface area contributed by atoms with E-state index < -0.39 is 11.9 Å². The zero-order valence-corrected chi connectivity index (χ0v) is 7.72. The first-order valence-corrected chi connectivity index (χ1v) is 3.59. The average molecular weight is 207 g/mol. The van der Waals surface area contributed by atoms with Gasteiger partial charge in [-0.25, -0.2) is 4.39 Å². The Bertz CT molecular complexity index is 283. The van der Waals surface area contributed by atoms with Crippen LogP contribution in [-0.4, -0.2) is 11.7 Å². The molecule has 0 amide bonds. The molecular weight excluding hydrogens is 195 g/mol. The van der Waals surface area contributed by atoms with Crippen LogP contribution >= 0.6 is 12.4 Å². The van der Waals surface area contributed by atoms with Gasteiger partial charge in [-0.1, -0.05) is 6.07 Å². The molecule has 1 atom stereocenters. The minimum atomic E-state index is -0.520.